The number of benzene rings is 1. The van der Waals surface area contributed by atoms with Crippen molar-refractivity contribution in [2.75, 3.05) is 0 Å². The smallest absolute Gasteiger partial charge is 0.145 e. The van der Waals surface area contributed by atoms with E-state index in [-0.39, 0.29) is 5.82 Å². The van der Waals surface area contributed by atoms with Crippen LogP contribution in [0.1, 0.15) is 18.2 Å². The van der Waals surface area contributed by atoms with E-state index < -0.39 is 5.54 Å². The second-order valence-corrected chi connectivity index (χ2v) is 5.97. The van der Waals surface area contributed by atoms with Crippen molar-refractivity contribution in [3.63, 3.8) is 0 Å². The van der Waals surface area contributed by atoms with Crippen LogP contribution in [0.5, 0.6) is 0 Å². The van der Waals surface area contributed by atoms with Gasteiger partial charge in [0, 0.05) is 17.3 Å². The fourth-order valence-corrected chi connectivity index (χ4v) is 3.05. The maximum Gasteiger partial charge on any atom is 0.145 e. The quantitative estimate of drug-likeness (QED) is 0.783. The van der Waals surface area contributed by atoms with E-state index in [9.17, 15) is 4.39 Å². The lowest BCUT2D eigenvalue weighted by Crippen LogP contribution is -2.37. The molecule has 120 valence electrons. The van der Waals surface area contributed by atoms with Gasteiger partial charge in [-0.3, -0.25) is 4.99 Å². The van der Waals surface area contributed by atoms with Crippen molar-refractivity contribution in [1.29, 1.82) is 0 Å². The van der Waals surface area contributed by atoms with Gasteiger partial charge in [-0.15, -0.1) is 0 Å². The molecule has 0 fully saturated rings. The first-order valence-electron chi connectivity index (χ1n) is 7.49. The van der Waals surface area contributed by atoms with Gasteiger partial charge >= 0.3 is 0 Å². The molecular weight excluding hydrogens is 307 g/mol. The van der Waals surface area contributed by atoms with E-state index in [1.807, 2.05) is 11.5 Å². The summed E-state index contributed by atoms with van der Waals surface area (Å²) in [6, 6.07) is 6.69. The third kappa shape index (κ3) is 2.25. The number of hydrogen-bond donors (Lipinski definition) is 1. The second kappa shape index (κ2) is 5.23. The third-order valence-corrected chi connectivity index (χ3v) is 4.24. The molecule has 2 aromatic heterocycles. The van der Waals surface area contributed by atoms with Crippen molar-refractivity contribution >= 4 is 5.84 Å². The van der Waals surface area contributed by atoms with E-state index in [0.29, 0.717) is 17.9 Å². The molecule has 0 aliphatic carbocycles. The van der Waals surface area contributed by atoms with Crippen LogP contribution < -0.4 is 5.73 Å². The van der Waals surface area contributed by atoms with Crippen LogP contribution in [-0.2, 0) is 12.1 Å². The average Bonchev–Trinajstić information content (AvgIpc) is 3.04. The van der Waals surface area contributed by atoms with Gasteiger partial charge in [-0.1, -0.05) is 0 Å². The lowest BCUT2D eigenvalue weighted by Gasteiger charge is -2.32. The van der Waals surface area contributed by atoms with Gasteiger partial charge in [0.05, 0.1) is 24.8 Å². The van der Waals surface area contributed by atoms with Crippen molar-refractivity contribution < 1.29 is 4.39 Å². The monoisotopic (exact) mass is 322 g/mol. The highest BCUT2D eigenvalue weighted by atomic mass is 19.1. The third-order valence-electron chi connectivity index (χ3n) is 4.24. The van der Waals surface area contributed by atoms with Crippen LogP contribution in [0.3, 0.4) is 0 Å². The Kier molecular flexibility index (Phi) is 3.16. The molecule has 0 saturated carbocycles. The molecule has 3 heterocycles. The molecule has 6 nitrogen and oxygen atoms in total. The normalized spacial score (nSPS) is 19.7. The Labute approximate surface area is 137 Å². The maximum absolute atomic E-state index is 14.6. The SMILES string of the molecule is C[C@@]1(c2cc(-c3ccncn3)ccc2F)Cn2cncc2C(N)=N1. The number of halogens is 1. The molecule has 7 heteroatoms. The van der Waals surface area contributed by atoms with Crippen LogP contribution in [-0.4, -0.2) is 25.4 Å². The lowest BCUT2D eigenvalue weighted by molar-refractivity contribution is 0.384. The summed E-state index contributed by atoms with van der Waals surface area (Å²) in [5, 5.41) is 0. The standard InChI is InChI=1S/C17H15FN6/c1-17(8-24-10-21-7-15(24)16(19)23-17)12-6-11(2-3-13(12)18)14-4-5-20-9-22-14/h2-7,9-10H,8H2,1H3,(H2,19,23)/t17-/m0/s1. The Balaban J connectivity index is 1.83. The summed E-state index contributed by atoms with van der Waals surface area (Å²) in [7, 11) is 0. The van der Waals surface area contributed by atoms with E-state index in [1.54, 1.807) is 36.9 Å². The molecular formula is C17H15FN6. The summed E-state index contributed by atoms with van der Waals surface area (Å²) >= 11 is 0. The van der Waals surface area contributed by atoms with Gasteiger partial charge in [-0.25, -0.2) is 19.3 Å². The number of aromatic nitrogens is 4. The van der Waals surface area contributed by atoms with Crippen LogP contribution in [0.15, 0.2) is 54.3 Å². The van der Waals surface area contributed by atoms with Crippen molar-refractivity contribution in [3.8, 4) is 11.3 Å². The average molecular weight is 322 g/mol. The van der Waals surface area contributed by atoms with E-state index >= 15 is 0 Å². The highest BCUT2D eigenvalue weighted by Crippen LogP contribution is 2.35. The molecule has 1 aromatic carbocycles. The number of aliphatic imine (C=N–C) groups is 1. The molecule has 0 spiro atoms. The zero-order chi connectivity index (χ0) is 16.7. The zero-order valence-corrected chi connectivity index (χ0v) is 13.0. The number of hydrogen-bond acceptors (Lipinski definition) is 5. The molecule has 0 bridgehead atoms. The van der Waals surface area contributed by atoms with Gasteiger partial charge in [0.1, 0.15) is 29.2 Å². The molecule has 1 atom stereocenters. The Morgan fingerprint density at radius 2 is 2.12 bits per heavy atom. The fraction of sp³-hybridized carbons (Fsp3) is 0.176. The number of nitrogens with zero attached hydrogens (tertiary/aromatic N) is 5. The molecule has 1 aliphatic heterocycles. The van der Waals surface area contributed by atoms with Gasteiger partial charge in [0.15, 0.2) is 0 Å². The molecule has 24 heavy (non-hydrogen) atoms. The first kappa shape index (κ1) is 14.5. The molecule has 0 radical (unpaired) electrons. The van der Waals surface area contributed by atoms with E-state index in [2.05, 4.69) is 19.9 Å². The molecule has 3 aromatic rings. The van der Waals surface area contributed by atoms with Crippen LogP contribution >= 0.6 is 0 Å². The number of amidine groups is 1. The largest absolute Gasteiger partial charge is 0.382 e. The topological polar surface area (TPSA) is 82.0 Å². The van der Waals surface area contributed by atoms with Gasteiger partial charge in [0.25, 0.3) is 0 Å². The van der Waals surface area contributed by atoms with Crippen molar-refractivity contribution in [3.05, 3.63) is 66.4 Å². The summed E-state index contributed by atoms with van der Waals surface area (Å²) in [5.74, 6) is 0.0310. The summed E-state index contributed by atoms with van der Waals surface area (Å²) < 4.78 is 16.5. The van der Waals surface area contributed by atoms with E-state index in [1.165, 1.54) is 12.4 Å². The minimum atomic E-state index is -0.815. The van der Waals surface area contributed by atoms with Crippen LogP contribution in [0.4, 0.5) is 4.39 Å². The molecule has 4 rings (SSSR count). The van der Waals surface area contributed by atoms with Crippen LogP contribution in [0.2, 0.25) is 0 Å². The summed E-state index contributed by atoms with van der Waals surface area (Å²) in [4.78, 5) is 16.8. The van der Waals surface area contributed by atoms with Gasteiger partial charge in [0.2, 0.25) is 0 Å². The number of fused-ring (bicyclic) bond motifs is 1. The number of rotatable bonds is 2. The summed E-state index contributed by atoms with van der Waals surface area (Å²) in [6.45, 7) is 2.33. The minimum absolute atomic E-state index is 0.324. The van der Waals surface area contributed by atoms with Gasteiger partial charge in [-0.05, 0) is 31.2 Å². The Morgan fingerprint density at radius 1 is 1.25 bits per heavy atom. The van der Waals surface area contributed by atoms with Crippen LogP contribution in [0, 0.1) is 5.82 Å². The van der Waals surface area contributed by atoms with Crippen LogP contribution in [0.25, 0.3) is 11.3 Å². The molecule has 0 saturated heterocycles. The maximum atomic E-state index is 14.6. The summed E-state index contributed by atoms with van der Waals surface area (Å²) in [6.07, 6.45) is 6.46. The van der Waals surface area contributed by atoms with E-state index in [0.717, 1.165) is 17.0 Å². The van der Waals surface area contributed by atoms with Crippen molar-refractivity contribution in [2.45, 2.75) is 19.0 Å². The predicted octanol–water partition coefficient (Wildman–Crippen LogP) is 2.11. The van der Waals surface area contributed by atoms with Crippen molar-refractivity contribution in [2.24, 2.45) is 10.7 Å². The molecule has 1 aliphatic rings. The van der Waals surface area contributed by atoms with E-state index in [4.69, 9.17) is 5.73 Å². The minimum Gasteiger partial charge on any atom is -0.382 e. The van der Waals surface area contributed by atoms with Gasteiger partial charge in [-0.2, -0.15) is 0 Å². The highest BCUT2D eigenvalue weighted by molar-refractivity contribution is 5.96. The van der Waals surface area contributed by atoms with Gasteiger partial charge < -0.3 is 10.3 Å². The fourth-order valence-electron chi connectivity index (χ4n) is 3.05. The Hall–Kier alpha value is -3.09. The Bertz CT molecular complexity index is 933. The zero-order valence-electron chi connectivity index (χ0n) is 13.0. The highest BCUT2D eigenvalue weighted by Gasteiger charge is 2.34. The Morgan fingerprint density at radius 3 is 2.92 bits per heavy atom. The first-order valence-corrected chi connectivity index (χ1v) is 7.49. The van der Waals surface area contributed by atoms with Crippen molar-refractivity contribution in [1.82, 2.24) is 19.5 Å². The predicted molar refractivity (Wildman–Crippen MR) is 87.7 cm³/mol. The second-order valence-electron chi connectivity index (χ2n) is 5.97. The molecule has 0 unspecified atom stereocenters. The molecule has 2 N–H and O–H groups in total. The summed E-state index contributed by atoms with van der Waals surface area (Å²) in [5.41, 5.74) is 7.99. The molecule has 0 amide bonds. The number of nitrogens with two attached hydrogens (primary N) is 1. The lowest BCUT2D eigenvalue weighted by atomic mass is 9.89. The first-order chi connectivity index (χ1) is 11.6. The number of imidazole rings is 1.